The van der Waals surface area contributed by atoms with Crippen LogP contribution in [0.5, 0.6) is 5.75 Å². The molecular weight excluding hydrogens is 483 g/mol. The van der Waals surface area contributed by atoms with E-state index in [0.717, 1.165) is 0 Å². The van der Waals surface area contributed by atoms with E-state index in [-0.39, 0.29) is 29.7 Å². The van der Waals surface area contributed by atoms with Gasteiger partial charge in [0, 0.05) is 30.5 Å². The zero-order chi connectivity index (χ0) is 26.2. The quantitative estimate of drug-likeness (QED) is 0.436. The fourth-order valence-corrected chi connectivity index (χ4v) is 3.58. The highest BCUT2D eigenvalue weighted by atomic mass is 19.1. The van der Waals surface area contributed by atoms with E-state index in [1.807, 2.05) is 11.8 Å². The molecule has 0 atom stereocenters. The monoisotopic (exact) mass is 510 g/mol. The summed E-state index contributed by atoms with van der Waals surface area (Å²) in [4.78, 5) is 40.4. The maximum atomic E-state index is 13.1. The number of pyridine rings is 1. The van der Waals surface area contributed by atoms with Crippen molar-refractivity contribution in [1.82, 2.24) is 15.0 Å². The van der Waals surface area contributed by atoms with Gasteiger partial charge in [-0.15, -0.1) is 0 Å². The van der Waals surface area contributed by atoms with E-state index in [2.05, 4.69) is 20.6 Å². The van der Waals surface area contributed by atoms with Gasteiger partial charge in [0.25, 0.3) is 0 Å². The Kier molecular flexibility index (Phi) is 8.41. The Morgan fingerprint density at radius 1 is 1.03 bits per heavy atom. The fraction of sp³-hybridized carbons (Fsp3) is 0.320. The zero-order valence-corrected chi connectivity index (χ0v) is 20.5. The number of rotatable bonds is 8. The Morgan fingerprint density at radius 2 is 1.78 bits per heavy atom. The van der Waals surface area contributed by atoms with Crippen molar-refractivity contribution in [3.63, 3.8) is 0 Å². The van der Waals surface area contributed by atoms with Crippen LogP contribution in [0.4, 0.5) is 26.5 Å². The summed E-state index contributed by atoms with van der Waals surface area (Å²) in [5.41, 5.74) is 0.976. The highest BCUT2D eigenvalue weighted by Gasteiger charge is 2.27. The molecule has 3 heterocycles. The molecule has 0 unspecified atom stereocenters. The number of hydrogen-bond donors (Lipinski definition) is 2. The number of urea groups is 1. The molecule has 0 radical (unpaired) electrons. The van der Waals surface area contributed by atoms with Gasteiger partial charge in [0.2, 0.25) is 0 Å². The van der Waals surface area contributed by atoms with Crippen molar-refractivity contribution in [2.45, 2.75) is 13.8 Å². The molecule has 11 nitrogen and oxygen atoms in total. The predicted molar refractivity (Wildman–Crippen MR) is 134 cm³/mol. The minimum absolute atomic E-state index is 0.0241. The highest BCUT2D eigenvalue weighted by molar-refractivity contribution is 5.99. The van der Waals surface area contributed by atoms with Gasteiger partial charge in [-0.25, -0.2) is 28.9 Å². The van der Waals surface area contributed by atoms with Gasteiger partial charge in [0.05, 0.1) is 26.4 Å². The molecule has 1 aliphatic rings. The Bertz CT molecular complexity index is 1230. The van der Waals surface area contributed by atoms with E-state index in [9.17, 15) is 14.0 Å². The summed E-state index contributed by atoms with van der Waals surface area (Å²) in [6.07, 6.45) is 1.49. The third-order valence-electron chi connectivity index (χ3n) is 5.28. The van der Waals surface area contributed by atoms with Crippen molar-refractivity contribution in [2.75, 3.05) is 55.1 Å². The van der Waals surface area contributed by atoms with Crippen molar-refractivity contribution in [1.29, 1.82) is 0 Å². The number of nitrogens with one attached hydrogen (secondary N) is 2. The largest absolute Gasteiger partial charge is 0.488 e. The number of carbonyl (C=O) groups excluding carboxylic acids is 2. The molecule has 1 fully saturated rings. The lowest BCUT2D eigenvalue weighted by molar-refractivity contribution is 0.0514. The van der Waals surface area contributed by atoms with E-state index in [1.54, 1.807) is 19.1 Å². The first-order valence-electron chi connectivity index (χ1n) is 11.8. The number of ether oxygens (including phenoxy) is 3. The minimum Gasteiger partial charge on any atom is -0.488 e. The summed E-state index contributed by atoms with van der Waals surface area (Å²) in [5.74, 6) is 0.237. The normalized spacial score (nSPS) is 13.1. The standard InChI is InChI=1S/C25H27FN6O5/c1-3-36-21-20(24(33)37-4-2)30-22(31-23(21)32-11-13-35-14-12-32)16-5-10-19(27-15-16)29-25(34)28-18-8-6-17(26)7-9-18/h5-10,15H,3-4,11-14H2,1-2H3,(H2,27,28,29,34). The van der Waals surface area contributed by atoms with Gasteiger partial charge in [0.15, 0.2) is 23.1 Å². The van der Waals surface area contributed by atoms with Gasteiger partial charge < -0.3 is 24.4 Å². The molecule has 194 valence electrons. The van der Waals surface area contributed by atoms with Crippen LogP contribution in [0.3, 0.4) is 0 Å². The highest BCUT2D eigenvalue weighted by Crippen LogP contribution is 2.33. The molecule has 2 N–H and O–H groups in total. The molecule has 0 bridgehead atoms. The van der Waals surface area contributed by atoms with Crippen molar-refractivity contribution in [3.05, 3.63) is 54.1 Å². The van der Waals surface area contributed by atoms with Gasteiger partial charge >= 0.3 is 12.0 Å². The van der Waals surface area contributed by atoms with Gasteiger partial charge in [-0.05, 0) is 50.2 Å². The smallest absolute Gasteiger partial charge is 0.361 e. The number of benzene rings is 1. The molecule has 2 aromatic heterocycles. The maximum Gasteiger partial charge on any atom is 0.361 e. The molecule has 12 heteroatoms. The Hall–Kier alpha value is -4.32. The van der Waals surface area contributed by atoms with E-state index in [4.69, 9.17) is 19.2 Å². The third kappa shape index (κ3) is 6.47. The first kappa shape index (κ1) is 25.8. The van der Waals surface area contributed by atoms with Gasteiger partial charge in [-0.3, -0.25) is 5.32 Å². The minimum atomic E-state index is -0.618. The fourth-order valence-electron chi connectivity index (χ4n) is 3.58. The number of nitrogens with zero attached hydrogens (tertiary/aromatic N) is 4. The second-order valence-electron chi connectivity index (χ2n) is 7.82. The number of halogens is 1. The average Bonchev–Trinajstić information content (AvgIpc) is 2.91. The third-order valence-corrected chi connectivity index (χ3v) is 5.28. The van der Waals surface area contributed by atoms with Crippen LogP contribution < -0.4 is 20.3 Å². The summed E-state index contributed by atoms with van der Waals surface area (Å²) in [6, 6.07) is 8.10. The number of morpholine rings is 1. The van der Waals surface area contributed by atoms with Crippen LogP contribution in [-0.2, 0) is 9.47 Å². The Labute approximate surface area is 213 Å². The summed E-state index contributed by atoms with van der Waals surface area (Å²) in [5, 5.41) is 5.20. The molecule has 2 amide bonds. The summed E-state index contributed by atoms with van der Waals surface area (Å²) < 4.78 is 29.5. The predicted octanol–water partition coefficient (Wildman–Crippen LogP) is 3.73. The first-order chi connectivity index (χ1) is 18.0. The Morgan fingerprint density at radius 3 is 2.43 bits per heavy atom. The van der Waals surface area contributed by atoms with Crippen molar-refractivity contribution in [2.24, 2.45) is 0 Å². The van der Waals surface area contributed by atoms with Gasteiger partial charge in [-0.1, -0.05) is 0 Å². The molecule has 1 aliphatic heterocycles. The van der Waals surface area contributed by atoms with Crippen LogP contribution in [0.15, 0.2) is 42.6 Å². The van der Waals surface area contributed by atoms with Crippen LogP contribution in [0.2, 0.25) is 0 Å². The molecular formula is C25H27FN6O5. The van der Waals surface area contributed by atoms with Crippen molar-refractivity contribution >= 4 is 29.3 Å². The number of amides is 2. The molecule has 0 aliphatic carbocycles. The van der Waals surface area contributed by atoms with Gasteiger partial charge in [-0.2, -0.15) is 0 Å². The number of anilines is 3. The lowest BCUT2D eigenvalue weighted by Gasteiger charge is -2.29. The molecule has 3 aromatic rings. The van der Waals surface area contributed by atoms with Crippen molar-refractivity contribution in [3.8, 4) is 17.1 Å². The summed E-state index contributed by atoms with van der Waals surface area (Å²) >= 11 is 0. The molecule has 0 spiro atoms. The SMILES string of the molecule is CCOC(=O)c1nc(-c2ccc(NC(=O)Nc3ccc(F)cc3)nc2)nc(N2CCOCC2)c1OCC. The number of aromatic nitrogens is 3. The van der Waals surface area contributed by atoms with Crippen LogP contribution in [0.25, 0.3) is 11.4 Å². The van der Waals surface area contributed by atoms with E-state index < -0.39 is 17.8 Å². The Balaban J connectivity index is 1.60. The van der Waals surface area contributed by atoms with E-state index in [0.29, 0.717) is 50.0 Å². The summed E-state index contributed by atoms with van der Waals surface area (Å²) in [6.45, 7) is 6.20. The molecule has 4 rings (SSSR count). The van der Waals surface area contributed by atoms with E-state index in [1.165, 1.54) is 30.5 Å². The molecule has 1 aromatic carbocycles. The first-order valence-corrected chi connectivity index (χ1v) is 11.8. The van der Waals surface area contributed by atoms with Crippen LogP contribution in [0, 0.1) is 5.82 Å². The lowest BCUT2D eigenvalue weighted by atomic mass is 10.2. The second kappa shape index (κ2) is 12.1. The molecule has 0 saturated carbocycles. The van der Waals surface area contributed by atoms with E-state index >= 15 is 0 Å². The number of carbonyl (C=O) groups is 2. The second-order valence-corrected chi connectivity index (χ2v) is 7.82. The summed E-state index contributed by atoms with van der Waals surface area (Å²) in [7, 11) is 0. The maximum absolute atomic E-state index is 13.1. The topological polar surface area (TPSA) is 128 Å². The zero-order valence-electron chi connectivity index (χ0n) is 20.5. The molecule has 37 heavy (non-hydrogen) atoms. The van der Waals surface area contributed by atoms with Gasteiger partial charge in [0.1, 0.15) is 11.6 Å². The number of esters is 1. The van der Waals surface area contributed by atoms with Crippen LogP contribution in [-0.4, -0.2) is 66.5 Å². The van der Waals surface area contributed by atoms with Crippen molar-refractivity contribution < 1.29 is 28.2 Å². The lowest BCUT2D eigenvalue weighted by Crippen LogP contribution is -2.37. The average molecular weight is 511 g/mol. The van der Waals surface area contributed by atoms with Crippen LogP contribution in [0.1, 0.15) is 24.3 Å². The number of hydrogen-bond acceptors (Lipinski definition) is 9. The van der Waals surface area contributed by atoms with Crippen LogP contribution >= 0.6 is 0 Å². The molecule has 1 saturated heterocycles.